The summed E-state index contributed by atoms with van der Waals surface area (Å²) in [6.45, 7) is 3.35. The number of benzene rings is 2. The van der Waals surface area contributed by atoms with Crippen LogP contribution < -0.4 is 14.8 Å². The molecule has 0 spiro atoms. The van der Waals surface area contributed by atoms with Crippen molar-refractivity contribution in [1.82, 2.24) is 4.57 Å². The normalized spacial score (nSPS) is 11.1. The van der Waals surface area contributed by atoms with E-state index in [0.29, 0.717) is 0 Å². The summed E-state index contributed by atoms with van der Waals surface area (Å²) in [5.41, 5.74) is 4.34. The Hall–Kier alpha value is -3.34. The molecular formula is C23H25N4O+. The van der Waals surface area contributed by atoms with E-state index in [-0.39, 0.29) is 12.5 Å². The number of anilines is 2. The van der Waals surface area contributed by atoms with Gasteiger partial charge in [-0.15, -0.1) is 0 Å². The molecule has 0 saturated heterocycles. The molecule has 0 fully saturated rings. The molecule has 5 heteroatoms. The molecule has 0 atom stereocenters. The number of aryl methyl sites for hydroxylation is 1. The molecule has 142 valence electrons. The third-order valence-corrected chi connectivity index (χ3v) is 5.09. The molecule has 2 aromatic carbocycles. The van der Waals surface area contributed by atoms with E-state index in [1.165, 1.54) is 21.8 Å². The molecule has 0 radical (unpaired) electrons. The SMILES string of the molecule is CCn1c2ccccc2c2cc(NC(=O)C[n+]3ccc(N(C)C)cc3)ccc21. The van der Waals surface area contributed by atoms with E-state index in [9.17, 15) is 4.79 Å². The van der Waals surface area contributed by atoms with E-state index in [2.05, 4.69) is 53.2 Å². The average Bonchev–Trinajstić information content (AvgIpc) is 3.01. The van der Waals surface area contributed by atoms with E-state index in [1.807, 2.05) is 54.2 Å². The number of hydrogen-bond acceptors (Lipinski definition) is 2. The van der Waals surface area contributed by atoms with Crippen LogP contribution in [0, 0.1) is 0 Å². The highest BCUT2D eigenvalue weighted by atomic mass is 16.1. The molecule has 0 unspecified atom stereocenters. The fraction of sp³-hybridized carbons (Fsp3) is 0.217. The van der Waals surface area contributed by atoms with Crippen LogP contribution in [0.2, 0.25) is 0 Å². The zero-order valence-electron chi connectivity index (χ0n) is 16.5. The minimum absolute atomic E-state index is 0.0406. The fourth-order valence-electron chi connectivity index (χ4n) is 3.69. The van der Waals surface area contributed by atoms with Crippen LogP contribution >= 0.6 is 0 Å². The highest BCUT2D eigenvalue weighted by Crippen LogP contribution is 2.30. The molecule has 2 aromatic heterocycles. The maximum atomic E-state index is 12.5. The number of carbonyl (C=O) groups is 1. The van der Waals surface area contributed by atoms with Gasteiger partial charge in [-0.3, -0.25) is 4.79 Å². The molecule has 2 heterocycles. The van der Waals surface area contributed by atoms with Crippen molar-refractivity contribution in [2.45, 2.75) is 20.0 Å². The molecule has 0 aliphatic carbocycles. The highest BCUT2D eigenvalue weighted by molar-refractivity contribution is 6.09. The molecule has 4 rings (SSSR count). The van der Waals surface area contributed by atoms with Crippen LogP contribution in [0.15, 0.2) is 67.0 Å². The van der Waals surface area contributed by atoms with Crippen LogP contribution in [-0.2, 0) is 17.9 Å². The summed E-state index contributed by atoms with van der Waals surface area (Å²) >= 11 is 0. The number of nitrogens with zero attached hydrogens (tertiary/aromatic N) is 3. The maximum absolute atomic E-state index is 12.5. The van der Waals surface area contributed by atoms with Crippen LogP contribution in [0.1, 0.15) is 6.92 Å². The Bertz CT molecular complexity index is 1140. The predicted molar refractivity (Wildman–Crippen MR) is 115 cm³/mol. The first-order chi connectivity index (χ1) is 13.6. The van der Waals surface area contributed by atoms with Crippen molar-refractivity contribution < 1.29 is 9.36 Å². The minimum Gasteiger partial charge on any atom is -0.377 e. The van der Waals surface area contributed by atoms with Gasteiger partial charge in [0.15, 0.2) is 12.4 Å². The van der Waals surface area contributed by atoms with Gasteiger partial charge in [-0.1, -0.05) is 18.2 Å². The first-order valence-electron chi connectivity index (χ1n) is 9.54. The first kappa shape index (κ1) is 18.0. The fourth-order valence-corrected chi connectivity index (χ4v) is 3.69. The van der Waals surface area contributed by atoms with Gasteiger partial charge in [0.05, 0.1) is 0 Å². The van der Waals surface area contributed by atoms with Crippen molar-refractivity contribution in [1.29, 1.82) is 0 Å². The Labute approximate surface area is 164 Å². The number of pyridine rings is 1. The Morgan fingerprint density at radius 2 is 1.71 bits per heavy atom. The van der Waals surface area contributed by atoms with Crippen LogP contribution in [-0.4, -0.2) is 24.6 Å². The van der Waals surface area contributed by atoms with Crippen molar-refractivity contribution in [3.8, 4) is 0 Å². The van der Waals surface area contributed by atoms with Gasteiger partial charge in [0.1, 0.15) is 0 Å². The molecule has 1 amide bonds. The van der Waals surface area contributed by atoms with E-state index in [4.69, 9.17) is 0 Å². The van der Waals surface area contributed by atoms with Gasteiger partial charge in [-0.25, -0.2) is 0 Å². The zero-order chi connectivity index (χ0) is 19.7. The van der Waals surface area contributed by atoms with E-state index in [1.54, 1.807) is 0 Å². The third-order valence-electron chi connectivity index (χ3n) is 5.09. The second-order valence-electron chi connectivity index (χ2n) is 7.16. The number of nitrogens with one attached hydrogen (secondary N) is 1. The van der Waals surface area contributed by atoms with E-state index >= 15 is 0 Å². The lowest BCUT2D eigenvalue weighted by Crippen LogP contribution is -2.39. The first-order valence-corrected chi connectivity index (χ1v) is 9.54. The maximum Gasteiger partial charge on any atom is 0.290 e. The van der Waals surface area contributed by atoms with Gasteiger partial charge < -0.3 is 14.8 Å². The summed E-state index contributed by atoms with van der Waals surface area (Å²) in [7, 11) is 4.00. The predicted octanol–water partition coefficient (Wildman–Crippen LogP) is 3.81. The number of hydrogen-bond donors (Lipinski definition) is 1. The quantitative estimate of drug-likeness (QED) is 0.541. The standard InChI is InChI=1S/C23H24N4O/c1-4-27-21-8-6-5-7-19(21)20-15-17(9-10-22(20)27)24-23(28)16-26-13-11-18(12-14-26)25(2)3/h5-15H,4,16H2,1-3H3/p+1. The molecule has 4 aromatic rings. The summed E-state index contributed by atoms with van der Waals surface area (Å²) in [6.07, 6.45) is 3.85. The average molecular weight is 373 g/mol. The lowest BCUT2D eigenvalue weighted by atomic mass is 10.1. The number of amides is 1. The van der Waals surface area contributed by atoms with Gasteiger partial charge in [-0.05, 0) is 31.2 Å². The minimum atomic E-state index is -0.0406. The van der Waals surface area contributed by atoms with Gasteiger partial charge in [0, 0.05) is 66.0 Å². The van der Waals surface area contributed by atoms with Crippen LogP contribution in [0.25, 0.3) is 21.8 Å². The monoisotopic (exact) mass is 373 g/mol. The Balaban J connectivity index is 1.57. The van der Waals surface area contributed by atoms with Crippen LogP contribution in [0.5, 0.6) is 0 Å². The Kier molecular flexibility index (Phi) is 4.74. The molecule has 0 aliphatic heterocycles. The van der Waals surface area contributed by atoms with Crippen molar-refractivity contribution in [3.05, 3.63) is 67.0 Å². The summed E-state index contributed by atoms with van der Waals surface area (Å²) in [5, 5.41) is 5.41. The Morgan fingerprint density at radius 3 is 2.43 bits per heavy atom. The molecule has 0 saturated carbocycles. The lowest BCUT2D eigenvalue weighted by Gasteiger charge is -2.10. The summed E-state index contributed by atoms with van der Waals surface area (Å²) in [6, 6.07) is 18.5. The largest absolute Gasteiger partial charge is 0.377 e. The Morgan fingerprint density at radius 1 is 1.00 bits per heavy atom. The highest BCUT2D eigenvalue weighted by Gasteiger charge is 2.13. The molecule has 5 nitrogen and oxygen atoms in total. The number of aromatic nitrogens is 2. The van der Waals surface area contributed by atoms with Crippen LogP contribution in [0.3, 0.4) is 0 Å². The molecule has 1 N–H and O–H groups in total. The number of rotatable bonds is 5. The van der Waals surface area contributed by atoms with E-state index in [0.717, 1.165) is 17.9 Å². The van der Waals surface area contributed by atoms with Crippen molar-refractivity contribution in [3.63, 3.8) is 0 Å². The van der Waals surface area contributed by atoms with Gasteiger partial charge in [0.2, 0.25) is 6.54 Å². The van der Waals surface area contributed by atoms with Crippen molar-refractivity contribution in [2.24, 2.45) is 0 Å². The van der Waals surface area contributed by atoms with Gasteiger partial charge in [-0.2, -0.15) is 4.57 Å². The number of fused-ring (bicyclic) bond motifs is 3. The summed E-state index contributed by atoms with van der Waals surface area (Å²) in [5.74, 6) is -0.0406. The van der Waals surface area contributed by atoms with Crippen molar-refractivity contribution >= 4 is 39.1 Å². The van der Waals surface area contributed by atoms with Crippen molar-refractivity contribution in [2.75, 3.05) is 24.3 Å². The molecular weight excluding hydrogens is 348 g/mol. The van der Waals surface area contributed by atoms with Gasteiger partial charge >= 0.3 is 0 Å². The summed E-state index contributed by atoms with van der Waals surface area (Å²) < 4.78 is 4.18. The topological polar surface area (TPSA) is 41.2 Å². The van der Waals surface area contributed by atoms with Crippen LogP contribution in [0.4, 0.5) is 11.4 Å². The molecule has 0 bridgehead atoms. The van der Waals surface area contributed by atoms with E-state index < -0.39 is 0 Å². The molecule has 28 heavy (non-hydrogen) atoms. The summed E-state index contributed by atoms with van der Waals surface area (Å²) in [4.78, 5) is 14.5. The zero-order valence-corrected chi connectivity index (χ0v) is 16.5. The lowest BCUT2D eigenvalue weighted by molar-refractivity contribution is -0.684. The second kappa shape index (κ2) is 7.35. The smallest absolute Gasteiger partial charge is 0.290 e. The third kappa shape index (κ3) is 3.31. The number of carbonyl (C=O) groups excluding carboxylic acids is 1. The molecule has 0 aliphatic rings. The second-order valence-corrected chi connectivity index (χ2v) is 7.16. The van der Waals surface area contributed by atoms with Gasteiger partial charge in [0.25, 0.3) is 5.91 Å². The number of para-hydroxylation sites is 1.